The van der Waals surface area contributed by atoms with Gasteiger partial charge in [-0.15, -0.1) is 47.5 Å². The molecule has 3 unspecified atom stereocenters. The lowest BCUT2D eigenvalue weighted by Crippen LogP contribution is -2.33. The fourth-order valence-corrected chi connectivity index (χ4v) is 16.6. The molecule has 0 amide bonds. The van der Waals surface area contributed by atoms with Crippen LogP contribution in [-0.4, -0.2) is 181 Å². The van der Waals surface area contributed by atoms with Crippen LogP contribution in [0, 0.1) is 58.2 Å². The molecular weight excluding hydrogens is 1370 g/mol. The number of piperidine rings is 3. The highest BCUT2D eigenvalue weighted by Crippen LogP contribution is 2.38. The van der Waals surface area contributed by atoms with Gasteiger partial charge in [0.25, 0.3) is 0 Å². The number of nitrogens with one attached hydrogen (secondary N) is 1. The number of thiophene rings is 2. The second-order valence-electron chi connectivity index (χ2n) is 29.5. The lowest BCUT2D eigenvalue weighted by molar-refractivity contribution is 0.166. The zero-order valence-electron chi connectivity index (χ0n) is 60.8. The number of aryl methyl sites for hydroxylation is 3. The first kappa shape index (κ1) is 78.7. The second-order valence-corrected chi connectivity index (χ2v) is 31.8. The standard InChI is InChI=1S/2C28H36N4O3S.C22H33N3O3.2ClH/c2*1-31(2)17-25-27(34-19-21-11-14-33-18-21)8-6-24-26(30-35-28(24)25)7-3-20-9-12-32(13-10-20)16-23-5-4-22(15-29)36-23;1-25(2)13-19-21(27-15-17-9-12-26-14-17)6-4-18-20(24-28-22(18)19)5-3-16-7-10-23-11-8-16;;/h2*4-6,8,20-21H,3,7,9-14,16-19H2,1-2H3;4,6,16-17,23H,3,5,7-15H2,1-2H3;2*1H. The number of nitriles is 2. The molecule has 20 nitrogen and oxygen atoms in total. The molecule has 1 N–H and O–H groups in total. The maximum Gasteiger partial charge on any atom is 0.175 e. The summed E-state index contributed by atoms with van der Waals surface area (Å²) in [5.74, 6) is 6.33. The summed E-state index contributed by atoms with van der Waals surface area (Å²) in [5, 5.41) is 38.4. The maximum absolute atomic E-state index is 9.05. The van der Waals surface area contributed by atoms with Crippen LogP contribution in [-0.2, 0) is 66.2 Å². The molecule has 5 aromatic heterocycles. The smallest absolute Gasteiger partial charge is 0.175 e. The van der Waals surface area contributed by atoms with Gasteiger partial charge in [0.05, 0.1) is 73.4 Å². The number of benzene rings is 3. The van der Waals surface area contributed by atoms with Crippen molar-refractivity contribution in [3.8, 4) is 29.4 Å². The van der Waals surface area contributed by atoms with Gasteiger partial charge in [0.2, 0.25) is 0 Å². The van der Waals surface area contributed by atoms with E-state index in [4.69, 9.17) is 52.5 Å². The molecule has 554 valence electrons. The Morgan fingerprint density at radius 3 is 1.08 bits per heavy atom. The van der Waals surface area contributed by atoms with Crippen molar-refractivity contribution in [1.29, 1.82) is 10.5 Å². The molecule has 8 aromatic rings. The van der Waals surface area contributed by atoms with Crippen LogP contribution in [0.25, 0.3) is 32.9 Å². The Balaban J connectivity index is 0.000000165. The normalized spacial score (nSPS) is 19.4. The SMILES string of the molecule is CN(C)Cc1c(OCC2CCOC2)ccc2c(CCC3CCN(Cc4ccc(C#N)s4)CC3)noc12.CN(C)Cc1c(OCC2CCOC2)ccc2c(CCC3CCN(Cc4ccc(C#N)s4)CC3)noc12.CN(C)Cc1c(OCC2CCOC2)ccc2c(CCC3CCNCC3)noc12.Cl.Cl. The van der Waals surface area contributed by atoms with E-state index in [1.165, 1.54) is 54.7 Å². The zero-order valence-corrected chi connectivity index (χ0v) is 64.0. The molecule has 6 aliphatic heterocycles. The van der Waals surface area contributed by atoms with Gasteiger partial charge < -0.3 is 62.0 Å². The average Bonchev–Trinajstić information content (AvgIpc) is 1.55. The van der Waals surface area contributed by atoms with Crippen molar-refractivity contribution in [2.24, 2.45) is 35.5 Å². The van der Waals surface area contributed by atoms with Crippen LogP contribution in [0.1, 0.15) is 130 Å². The number of hydrogen-bond donors (Lipinski definition) is 1. The molecule has 3 atom stereocenters. The van der Waals surface area contributed by atoms with Crippen molar-refractivity contribution in [2.75, 3.05) is 141 Å². The largest absolute Gasteiger partial charge is 0.493 e. The molecule has 6 saturated heterocycles. The van der Waals surface area contributed by atoms with Gasteiger partial charge in [-0.25, -0.2) is 0 Å². The Hall–Kier alpha value is -5.93. The Bertz CT molecular complexity index is 3740. The van der Waals surface area contributed by atoms with Crippen LogP contribution in [0.4, 0.5) is 0 Å². The number of fused-ring (bicyclic) bond motifs is 3. The van der Waals surface area contributed by atoms with Gasteiger partial charge in [-0.1, -0.05) is 15.5 Å². The molecule has 11 heterocycles. The molecular formula is C78H107Cl2N11O9S2. The van der Waals surface area contributed by atoms with Gasteiger partial charge in [-0.2, -0.15) is 10.5 Å². The Kier molecular flexibility index (Phi) is 30.4. The lowest BCUT2D eigenvalue weighted by atomic mass is 9.91. The molecule has 6 fully saturated rings. The summed E-state index contributed by atoms with van der Waals surface area (Å²) in [6, 6.07) is 25.2. The summed E-state index contributed by atoms with van der Waals surface area (Å²) >= 11 is 3.23. The number of aromatic nitrogens is 3. The summed E-state index contributed by atoms with van der Waals surface area (Å²) < 4.78 is 52.8. The number of likely N-dealkylation sites (tertiary alicyclic amines) is 2. The first-order valence-electron chi connectivity index (χ1n) is 36.8. The number of nitrogens with zero attached hydrogens (tertiary/aromatic N) is 10. The molecule has 6 aliphatic rings. The number of halogens is 2. The molecule has 14 rings (SSSR count). The third-order valence-corrected chi connectivity index (χ3v) is 22.7. The van der Waals surface area contributed by atoms with Crippen molar-refractivity contribution in [3.05, 3.63) is 114 Å². The van der Waals surface area contributed by atoms with Crippen LogP contribution in [0.3, 0.4) is 0 Å². The molecule has 0 aliphatic carbocycles. The minimum Gasteiger partial charge on any atom is -0.493 e. The average molecular weight is 1480 g/mol. The van der Waals surface area contributed by atoms with E-state index >= 15 is 0 Å². The summed E-state index contributed by atoms with van der Waals surface area (Å²) in [7, 11) is 12.4. The van der Waals surface area contributed by atoms with Gasteiger partial charge in [0.1, 0.15) is 39.1 Å². The molecule has 3 aromatic carbocycles. The van der Waals surface area contributed by atoms with E-state index in [2.05, 4.69) is 148 Å². The number of hydrogen-bond acceptors (Lipinski definition) is 22. The van der Waals surface area contributed by atoms with Crippen LogP contribution < -0.4 is 19.5 Å². The monoisotopic (exact) mass is 1480 g/mol. The van der Waals surface area contributed by atoms with Gasteiger partial charge in [0.15, 0.2) is 16.7 Å². The molecule has 0 spiro atoms. The van der Waals surface area contributed by atoms with Gasteiger partial charge >= 0.3 is 0 Å². The molecule has 0 saturated carbocycles. The Morgan fingerprint density at radius 1 is 0.451 bits per heavy atom. The first-order chi connectivity index (χ1) is 48.9. The van der Waals surface area contributed by atoms with E-state index in [-0.39, 0.29) is 24.8 Å². The number of rotatable bonds is 28. The van der Waals surface area contributed by atoms with E-state index < -0.39 is 0 Å². The third kappa shape index (κ3) is 21.9. The highest BCUT2D eigenvalue weighted by Gasteiger charge is 2.28. The van der Waals surface area contributed by atoms with E-state index in [0.29, 0.717) is 49.4 Å². The van der Waals surface area contributed by atoms with E-state index in [1.807, 2.05) is 12.1 Å². The molecule has 102 heavy (non-hydrogen) atoms. The minimum atomic E-state index is 0. The van der Waals surface area contributed by atoms with Gasteiger partial charge in [0, 0.05) is 96.2 Å². The summed E-state index contributed by atoms with van der Waals surface area (Å²) in [6.07, 6.45) is 16.9. The van der Waals surface area contributed by atoms with Crippen LogP contribution in [0.2, 0.25) is 0 Å². The van der Waals surface area contributed by atoms with Crippen molar-refractivity contribution < 1.29 is 42.0 Å². The van der Waals surface area contributed by atoms with Crippen molar-refractivity contribution in [3.63, 3.8) is 0 Å². The highest BCUT2D eigenvalue weighted by atomic mass is 35.5. The number of ether oxygens (including phenoxy) is 6. The lowest BCUT2D eigenvalue weighted by Gasteiger charge is -2.31. The quantitative estimate of drug-likeness (QED) is 0.0483. The highest BCUT2D eigenvalue weighted by molar-refractivity contribution is 7.12. The zero-order chi connectivity index (χ0) is 69.2. The summed E-state index contributed by atoms with van der Waals surface area (Å²) in [4.78, 5) is 15.6. The summed E-state index contributed by atoms with van der Waals surface area (Å²) in [6.45, 7) is 17.9. The van der Waals surface area contributed by atoms with Crippen LogP contribution in [0.5, 0.6) is 17.2 Å². The fourth-order valence-electron chi connectivity index (χ4n) is 14.9. The topological polar surface area (TPSA) is 209 Å². The van der Waals surface area contributed by atoms with Crippen molar-refractivity contribution >= 4 is 80.4 Å². The van der Waals surface area contributed by atoms with Crippen molar-refractivity contribution in [1.82, 2.24) is 45.3 Å². The second kappa shape index (κ2) is 39.4. The molecule has 0 radical (unpaired) electrons. The van der Waals surface area contributed by atoms with Crippen LogP contribution >= 0.6 is 47.5 Å². The third-order valence-electron chi connectivity index (χ3n) is 20.8. The predicted octanol–water partition coefficient (Wildman–Crippen LogP) is 14.2. The minimum absolute atomic E-state index is 0. The maximum atomic E-state index is 9.05. The molecule has 24 heteroatoms. The van der Waals surface area contributed by atoms with Crippen LogP contribution in [0.15, 0.2) is 74.2 Å². The van der Waals surface area contributed by atoms with Crippen molar-refractivity contribution in [2.45, 2.75) is 129 Å². The fraction of sp³-hybridized carbons (Fsp3) is 0.603. The van der Waals surface area contributed by atoms with E-state index in [1.54, 1.807) is 22.7 Å². The Labute approximate surface area is 623 Å². The van der Waals surface area contributed by atoms with E-state index in [0.717, 1.165) is 263 Å². The molecule has 0 bridgehead atoms. The van der Waals surface area contributed by atoms with Gasteiger partial charge in [-0.3, -0.25) is 9.80 Å². The summed E-state index contributed by atoms with van der Waals surface area (Å²) in [5.41, 5.74) is 9.08. The Morgan fingerprint density at radius 2 is 0.784 bits per heavy atom. The van der Waals surface area contributed by atoms with Gasteiger partial charge in [-0.05, 0) is 256 Å². The predicted molar refractivity (Wildman–Crippen MR) is 407 cm³/mol. The first-order valence-corrected chi connectivity index (χ1v) is 38.4. The van der Waals surface area contributed by atoms with E-state index in [9.17, 15) is 0 Å².